The van der Waals surface area contributed by atoms with Crippen LogP contribution in [0.4, 0.5) is 0 Å². The second-order valence-electron chi connectivity index (χ2n) is 4.68. The molecule has 6 heteroatoms. The Morgan fingerprint density at radius 1 is 1.33 bits per heavy atom. The highest BCUT2D eigenvalue weighted by Crippen LogP contribution is 2.27. The van der Waals surface area contributed by atoms with Gasteiger partial charge in [0.05, 0.1) is 12.5 Å². The first-order valence-corrected chi connectivity index (χ1v) is 5.89. The summed E-state index contributed by atoms with van der Waals surface area (Å²) < 4.78 is 14.7. The minimum atomic E-state index is -1.24. The number of esters is 3. The fourth-order valence-electron chi connectivity index (χ4n) is 1.67. The molecule has 0 amide bonds. The molecule has 6 nitrogen and oxygen atoms in total. The maximum absolute atomic E-state index is 11.7. The number of rotatable bonds is 4. The van der Waals surface area contributed by atoms with Crippen molar-refractivity contribution in [3.8, 4) is 0 Å². The zero-order valence-corrected chi connectivity index (χ0v) is 11.0. The van der Waals surface area contributed by atoms with E-state index in [1.807, 2.05) is 0 Å². The summed E-state index contributed by atoms with van der Waals surface area (Å²) in [4.78, 5) is 34.8. The van der Waals surface area contributed by atoms with Crippen LogP contribution < -0.4 is 0 Å². The fourth-order valence-corrected chi connectivity index (χ4v) is 1.67. The first-order chi connectivity index (χ1) is 8.26. The van der Waals surface area contributed by atoms with Crippen LogP contribution in [0.15, 0.2) is 0 Å². The predicted molar refractivity (Wildman–Crippen MR) is 60.2 cm³/mol. The molecular formula is C12H18O6. The average molecular weight is 258 g/mol. The van der Waals surface area contributed by atoms with Crippen molar-refractivity contribution in [2.75, 3.05) is 6.61 Å². The third-order valence-corrected chi connectivity index (χ3v) is 2.54. The molecule has 18 heavy (non-hydrogen) atoms. The molecule has 0 radical (unpaired) electrons. The molecule has 0 aromatic carbocycles. The topological polar surface area (TPSA) is 78.9 Å². The largest absolute Gasteiger partial charge is 0.466 e. The lowest BCUT2D eigenvalue weighted by Crippen LogP contribution is -2.47. The molecule has 1 rings (SSSR count). The van der Waals surface area contributed by atoms with Gasteiger partial charge in [-0.2, -0.15) is 0 Å². The second-order valence-corrected chi connectivity index (χ2v) is 4.68. The van der Waals surface area contributed by atoms with Crippen molar-refractivity contribution in [3.63, 3.8) is 0 Å². The first kappa shape index (κ1) is 14.5. The van der Waals surface area contributed by atoms with Gasteiger partial charge in [-0.1, -0.05) is 6.92 Å². The van der Waals surface area contributed by atoms with Crippen LogP contribution in [0.1, 0.15) is 34.1 Å². The number of cyclic esters (lactones) is 2. The molecule has 0 bridgehead atoms. The Hall–Kier alpha value is -1.59. The molecule has 102 valence electrons. The van der Waals surface area contributed by atoms with Crippen molar-refractivity contribution in [2.45, 2.75) is 39.9 Å². The van der Waals surface area contributed by atoms with E-state index in [9.17, 15) is 14.4 Å². The van der Waals surface area contributed by atoms with Crippen LogP contribution in [-0.4, -0.2) is 30.3 Å². The molecule has 1 fully saturated rings. The first-order valence-electron chi connectivity index (χ1n) is 5.89. The number of carbonyl (C=O) groups excluding carboxylic acids is 3. The molecule has 0 N–H and O–H groups in total. The number of hydrogen-bond donors (Lipinski definition) is 0. The highest BCUT2D eigenvalue weighted by Gasteiger charge is 2.44. The Morgan fingerprint density at radius 2 is 1.83 bits per heavy atom. The minimum absolute atomic E-state index is 0.0343. The minimum Gasteiger partial charge on any atom is -0.466 e. The van der Waals surface area contributed by atoms with Crippen molar-refractivity contribution in [1.82, 2.24) is 0 Å². The van der Waals surface area contributed by atoms with Crippen LogP contribution in [0.3, 0.4) is 0 Å². The van der Waals surface area contributed by atoms with Gasteiger partial charge in [0.1, 0.15) is 0 Å². The van der Waals surface area contributed by atoms with E-state index in [-0.39, 0.29) is 13.0 Å². The van der Waals surface area contributed by atoms with E-state index in [0.717, 1.165) is 0 Å². The van der Waals surface area contributed by atoms with Gasteiger partial charge in [0.15, 0.2) is 5.92 Å². The maximum Gasteiger partial charge on any atom is 0.323 e. The predicted octanol–water partition coefficient (Wildman–Crippen LogP) is 1.03. The number of ether oxygens (including phenoxy) is 3. The quantitative estimate of drug-likeness (QED) is 0.553. The molecule has 1 aliphatic heterocycles. The Labute approximate surface area is 106 Å². The molecule has 1 saturated heterocycles. The second kappa shape index (κ2) is 5.37. The monoisotopic (exact) mass is 258 g/mol. The summed E-state index contributed by atoms with van der Waals surface area (Å²) >= 11 is 0. The van der Waals surface area contributed by atoms with Crippen molar-refractivity contribution in [1.29, 1.82) is 0 Å². The van der Waals surface area contributed by atoms with Crippen LogP contribution >= 0.6 is 0 Å². The SMILES string of the molecule is CCOC(=O)C(C)CC1C(=O)OC(C)(C)OC1=O. The highest BCUT2D eigenvalue weighted by atomic mass is 16.7. The molecule has 1 aliphatic rings. The molecule has 1 atom stereocenters. The van der Waals surface area contributed by atoms with Gasteiger partial charge in [0.2, 0.25) is 0 Å². The lowest BCUT2D eigenvalue weighted by molar-refractivity contribution is -0.240. The third kappa shape index (κ3) is 3.45. The van der Waals surface area contributed by atoms with E-state index in [4.69, 9.17) is 14.2 Å². The summed E-state index contributed by atoms with van der Waals surface area (Å²) in [6.45, 7) is 6.51. The average Bonchev–Trinajstić information content (AvgIpc) is 2.22. The summed E-state index contributed by atoms with van der Waals surface area (Å²) in [5.41, 5.74) is 0. The van der Waals surface area contributed by atoms with Crippen LogP contribution in [0.5, 0.6) is 0 Å². The Bertz CT molecular complexity index is 340. The van der Waals surface area contributed by atoms with Gasteiger partial charge < -0.3 is 14.2 Å². The van der Waals surface area contributed by atoms with Gasteiger partial charge in [-0.3, -0.25) is 14.4 Å². The molecule has 0 aliphatic carbocycles. The normalized spacial score (nSPS) is 20.9. The summed E-state index contributed by atoms with van der Waals surface area (Å²) in [5, 5.41) is 0. The molecule has 1 heterocycles. The highest BCUT2D eigenvalue weighted by molar-refractivity contribution is 5.97. The summed E-state index contributed by atoms with van der Waals surface area (Å²) in [6.07, 6.45) is 0.0343. The zero-order chi connectivity index (χ0) is 13.9. The van der Waals surface area contributed by atoms with E-state index in [0.29, 0.717) is 0 Å². The third-order valence-electron chi connectivity index (χ3n) is 2.54. The van der Waals surface area contributed by atoms with Crippen LogP contribution in [0.25, 0.3) is 0 Å². The van der Waals surface area contributed by atoms with E-state index >= 15 is 0 Å². The van der Waals surface area contributed by atoms with Crippen molar-refractivity contribution < 1.29 is 28.6 Å². The molecule has 0 aromatic heterocycles. The van der Waals surface area contributed by atoms with Crippen LogP contribution in [-0.2, 0) is 28.6 Å². The van der Waals surface area contributed by atoms with E-state index < -0.39 is 35.5 Å². The molecular weight excluding hydrogens is 240 g/mol. The Balaban J connectivity index is 2.65. The lowest BCUT2D eigenvalue weighted by atomic mass is 9.95. The smallest absolute Gasteiger partial charge is 0.323 e. The summed E-state index contributed by atoms with van der Waals surface area (Å²) in [6, 6.07) is 0. The van der Waals surface area contributed by atoms with Crippen molar-refractivity contribution >= 4 is 17.9 Å². The summed E-state index contributed by atoms with van der Waals surface area (Å²) in [5.74, 6) is -4.62. The van der Waals surface area contributed by atoms with Gasteiger partial charge in [0, 0.05) is 13.8 Å². The van der Waals surface area contributed by atoms with Gasteiger partial charge in [-0.15, -0.1) is 0 Å². The molecule has 0 saturated carbocycles. The van der Waals surface area contributed by atoms with Crippen LogP contribution in [0.2, 0.25) is 0 Å². The summed E-state index contributed by atoms with van der Waals surface area (Å²) in [7, 11) is 0. The number of hydrogen-bond acceptors (Lipinski definition) is 6. The van der Waals surface area contributed by atoms with E-state index in [1.165, 1.54) is 13.8 Å². The molecule has 1 unspecified atom stereocenters. The molecule has 0 aromatic rings. The van der Waals surface area contributed by atoms with Gasteiger partial charge in [-0.05, 0) is 13.3 Å². The number of carbonyl (C=O) groups is 3. The Morgan fingerprint density at radius 3 is 2.28 bits per heavy atom. The van der Waals surface area contributed by atoms with E-state index in [2.05, 4.69) is 0 Å². The van der Waals surface area contributed by atoms with Gasteiger partial charge in [0.25, 0.3) is 5.79 Å². The van der Waals surface area contributed by atoms with Crippen molar-refractivity contribution in [3.05, 3.63) is 0 Å². The van der Waals surface area contributed by atoms with Gasteiger partial charge in [-0.25, -0.2) is 0 Å². The fraction of sp³-hybridized carbons (Fsp3) is 0.750. The lowest BCUT2D eigenvalue weighted by Gasteiger charge is -2.33. The van der Waals surface area contributed by atoms with Crippen molar-refractivity contribution in [2.24, 2.45) is 11.8 Å². The van der Waals surface area contributed by atoms with Crippen LogP contribution in [0, 0.1) is 11.8 Å². The Kier molecular flexibility index (Phi) is 4.32. The van der Waals surface area contributed by atoms with Gasteiger partial charge >= 0.3 is 17.9 Å². The van der Waals surface area contributed by atoms with E-state index in [1.54, 1.807) is 13.8 Å². The standard InChI is InChI=1S/C12H18O6/c1-5-16-9(13)7(2)6-8-10(14)17-12(3,4)18-11(8)15/h7-8H,5-6H2,1-4H3. The maximum atomic E-state index is 11.7. The zero-order valence-electron chi connectivity index (χ0n) is 11.0. The molecule has 0 spiro atoms.